The van der Waals surface area contributed by atoms with Gasteiger partial charge in [0.15, 0.2) is 12.6 Å². The fraction of sp³-hybridized carbons (Fsp3) is 0.917. The van der Waals surface area contributed by atoms with Crippen LogP contribution in [0.1, 0.15) is 0 Å². The van der Waals surface area contributed by atoms with Crippen molar-refractivity contribution in [3.63, 3.8) is 0 Å². The predicted molar refractivity (Wildman–Crippen MR) is 69.8 cm³/mol. The highest BCUT2D eigenvalue weighted by molar-refractivity contribution is 5.56. The molecule has 11 heteroatoms. The third kappa shape index (κ3) is 4.64. The van der Waals surface area contributed by atoms with Gasteiger partial charge in [-0.3, -0.25) is 0 Å². The second-order valence-electron chi connectivity index (χ2n) is 5.17. The van der Waals surface area contributed by atoms with Crippen molar-refractivity contribution in [1.29, 1.82) is 0 Å². The fourth-order valence-corrected chi connectivity index (χ4v) is 2.11. The van der Waals surface area contributed by atoms with Crippen LogP contribution >= 0.6 is 0 Å². The highest BCUT2D eigenvalue weighted by Crippen LogP contribution is 2.24. The van der Waals surface area contributed by atoms with Crippen molar-refractivity contribution in [2.75, 3.05) is 13.2 Å². The molecule has 0 aromatic carbocycles. The molecule has 0 bridgehead atoms. The predicted octanol–water partition coefficient (Wildman–Crippen LogP) is -5.55. The molecule has 0 spiro atoms. The number of aldehydes is 1. The zero-order valence-corrected chi connectivity index (χ0v) is 12.0. The molecule has 9 atom stereocenters. The van der Waals surface area contributed by atoms with Crippen LogP contribution < -0.4 is 0 Å². The largest absolute Gasteiger partial charge is 0.394 e. The molecule has 1 rings (SSSR count). The Morgan fingerprint density at radius 3 is 2.13 bits per heavy atom. The molecule has 1 aliphatic heterocycles. The third-order valence-electron chi connectivity index (χ3n) is 3.53. The van der Waals surface area contributed by atoms with Crippen LogP contribution in [-0.4, -0.2) is 115 Å². The molecule has 0 aromatic heterocycles. The lowest BCUT2D eigenvalue weighted by atomic mass is 10.0. The Morgan fingerprint density at radius 1 is 1.04 bits per heavy atom. The SMILES string of the molecule is O=C[C@@H](O)[C@@H](O)[C@H](O[13C@@H]1O[C@H](CO)[C@H](O)[C@H](O)[C@H]1O)[C@H](O)CO. The second kappa shape index (κ2) is 8.94. The fourth-order valence-electron chi connectivity index (χ4n) is 2.11. The molecule has 1 heterocycles. The Hall–Kier alpha value is -0.730. The van der Waals surface area contributed by atoms with Gasteiger partial charge < -0.3 is 55.1 Å². The molecule has 23 heavy (non-hydrogen) atoms. The van der Waals surface area contributed by atoms with Gasteiger partial charge >= 0.3 is 0 Å². The van der Waals surface area contributed by atoms with E-state index in [0.29, 0.717) is 0 Å². The smallest absolute Gasteiger partial charge is 0.187 e. The van der Waals surface area contributed by atoms with Crippen LogP contribution in [0.3, 0.4) is 0 Å². The minimum absolute atomic E-state index is 0.0294. The first kappa shape index (κ1) is 20.3. The minimum atomic E-state index is -1.97. The van der Waals surface area contributed by atoms with Crippen LogP contribution in [0.5, 0.6) is 0 Å². The highest BCUT2D eigenvalue weighted by atomic mass is 16.8. The molecule has 0 radical (unpaired) electrons. The summed E-state index contributed by atoms with van der Waals surface area (Å²) in [4.78, 5) is 10.5. The average Bonchev–Trinajstić information content (AvgIpc) is 2.57. The van der Waals surface area contributed by atoms with Crippen molar-refractivity contribution in [2.45, 2.75) is 55.1 Å². The number of carbonyl (C=O) groups is 1. The van der Waals surface area contributed by atoms with Crippen LogP contribution in [0.2, 0.25) is 0 Å². The maximum atomic E-state index is 10.5. The first-order chi connectivity index (χ1) is 10.8. The minimum Gasteiger partial charge on any atom is -0.394 e. The van der Waals surface area contributed by atoms with Crippen LogP contribution in [0.4, 0.5) is 0 Å². The summed E-state index contributed by atoms with van der Waals surface area (Å²) in [5.41, 5.74) is 0. The van der Waals surface area contributed by atoms with Crippen LogP contribution in [0.25, 0.3) is 0 Å². The number of aliphatic hydroxyl groups excluding tert-OH is 8. The lowest BCUT2D eigenvalue weighted by Crippen LogP contribution is -2.61. The van der Waals surface area contributed by atoms with E-state index < -0.39 is 68.3 Å². The Labute approximate surface area is 130 Å². The molecule has 8 N–H and O–H groups in total. The number of hydrogen-bond donors (Lipinski definition) is 8. The lowest BCUT2D eigenvalue weighted by molar-refractivity contribution is -0.326. The monoisotopic (exact) mass is 343 g/mol. The summed E-state index contributed by atoms with van der Waals surface area (Å²) in [6.45, 7) is -1.64. The van der Waals surface area contributed by atoms with Gasteiger partial charge in [-0.2, -0.15) is 0 Å². The third-order valence-corrected chi connectivity index (χ3v) is 3.53. The van der Waals surface area contributed by atoms with E-state index in [1.807, 2.05) is 0 Å². The van der Waals surface area contributed by atoms with E-state index in [9.17, 15) is 35.4 Å². The topological polar surface area (TPSA) is 197 Å². The standard InChI is InChI=1S/C12H22O11/c13-1-4(16)7(18)11(5(17)2-14)23-12-10(21)9(20)8(19)6(3-15)22-12/h1,4-12,14-21H,2-3H2/t4-,5-,6-,7-,8+,9+,10-,11-,12+/m1/s1/i12+1. The normalized spacial score (nSPS) is 37.0. The molecule has 0 unspecified atom stereocenters. The van der Waals surface area contributed by atoms with Gasteiger partial charge in [-0.05, 0) is 0 Å². The molecular formula is C12H22O11. The molecule has 0 aromatic rings. The zero-order chi connectivity index (χ0) is 17.7. The molecule has 0 amide bonds. The van der Waals surface area contributed by atoms with Gasteiger partial charge in [0.1, 0.15) is 48.8 Å². The van der Waals surface area contributed by atoms with Gasteiger partial charge in [-0.25, -0.2) is 0 Å². The van der Waals surface area contributed by atoms with E-state index in [1.54, 1.807) is 0 Å². The number of ether oxygens (including phenoxy) is 2. The van der Waals surface area contributed by atoms with Crippen molar-refractivity contribution in [2.24, 2.45) is 0 Å². The molecule has 11 nitrogen and oxygen atoms in total. The van der Waals surface area contributed by atoms with Crippen molar-refractivity contribution < 1.29 is 55.1 Å². The first-order valence-electron chi connectivity index (χ1n) is 6.84. The molecule has 0 saturated carbocycles. The molecule has 0 aliphatic carbocycles. The van der Waals surface area contributed by atoms with Crippen molar-refractivity contribution in [1.82, 2.24) is 0 Å². The van der Waals surface area contributed by atoms with Crippen molar-refractivity contribution in [3.05, 3.63) is 0 Å². The Bertz CT molecular complexity index is 365. The van der Waals surface area contributed by atoms with Gasteiger partial charge in [-0.15, -0.1) is 0 Å². The van der Waals surface area contributed by atoms with Gasteiger partial charge in [0.25, 0.3) is 0 Å². The summed E-state index contributed by atoms with van der Waals surface area (Å²) in [5, 5.41) is 75.7. The maximum absolute atomic E-state index is 10.5. The second-order valence-corrected chi connectivity index (χ2v) is 5.17. The van der Waals surface area contributed by atoms with E-state index in [0.717, 1.165) is 0 Å². The Balaban J connectivity index is 2.91. The number of hydrogen-bond acceptors (Lipinski definition) is 11. The number of rotatable bonds is 8. The summed E-state index contributed by atoms with van der Waals surface area (Å²) >= 11 is 0. The van der Waals surface area contributed by atoms with E-state index in [2.05, 4.69) is 0 Å². The van der Waals surface area contributed by atoms with Gasteiger partial charge in [0, 0.05) is 0 Å². The first-order valence-corrected chi connectivity index (χ1v) is 6.84. The zero-order valence-electron chi connectivity index (χ0n) is 12.0. The van der Waals surface area contributed by atoms with E-state index in [4.69, 9.17) is 19.7 Å². The maximum Gasteiger partial charge on any atom is 0.187 e. The summed E-state index contributed by atoms with van der Waals surface area (Å²) < 4.78 is 10.1. The van der Waals surface area contributed by atoms with Crippen LogP contribution in [0.15, 0.2) is 0 Å². The van der Waals surface area contributed by atoms with E-state index >= 15 is 0 Å². The van der Waals surface area contributed by atoms with Gasteiger partial charge in [0.2, 0.25) is 0 Å². The molecule has 136 valence electrons. The molecule has 1 aliphatic rings. The summed E-state index contributed by atoms with van der Waals surface area (Å²) in [7, 11) is 0. The number of carbonyl (C=O) groups excluding carboxylic acids is 1. The molecular weight excluding hydrogens is 321 g/mol. The summed E-state index contributed by atoms with van der Waals surface area (Å²) in [6.07, 6.45) is -15.7. The van der Waals surface area contributed by atoms with E-state index in [-0.39, 0.29) is 6.29 Å². The van der Waals surface area contributed by atoms with Crippen molar-refractivity contribution in [3.8, 4) is 0 Å². The van der Waals surface area contributed by atoms with Crippen molar-refractivity contribution >= 4 is 6.29 Å². The summed E-state index contributed by atoms with van der Waals surface area (Å²) in [6, 6.07) is 0. The molecule has 1 saturated heterocycles. The van der Waals surface area contributed by atoms with Gasteiger partial charge in [0.05, 0.1) is 13.2 Å². The average molecular weight is 343 g/mol. The highest BCUT2D eigenvalue weighted by Gasteiger charge is 2.46. The Kier molecular flexibility index (Phi) is 7.89. The quantitative estimate of drug-likeness (QED) is 0.154. The Morgan fingerprint density at radius 2 is 1.65 bits per heavy atom. The van der Waals surface area contributed by atoms with Crippen LogP contribution in [-0.2, 0) is 14.3 Å². The molecule has 1 fully saturated rings. The lowest BCUT2D eigenvalue weighted by Gasteiger charge is -2.42. The summed E-state index contributed by atoms with van der Waals surface area (Å²) in [5.74, 6) is 0. The van der Waals surface area contributed by atoms with E-state index in [1.165, 1.54) is 0 Å². The number of aliphatic hydroxyl groups is 8. The van der Waals surface area contributed by atoms with Crippen LogP contribution in [0, 0.1) is 0 Å². The van der Waals surface area contributed by atoms with Gasteiger partial charge in [-0.1, -0.05) is 0 Å².